The smallest absolute Gasteiger partial charge is 0.135 e. The van der Waals surface area contributed by atoms with Gasteiger partial charge in [0.1, 0.15) is 22.7 Å². The van der Waals surface area contributed by atoms with Gasteiger partial charge >= 0.3 is 0 Å². The number of hydrogen-bond donors (Lipinski definition) is 0. The van der Waals surface area contributed by atoms with E-state index in [0.717, 1.165) is 72.9 Å². The lowest BCUT2D eigenvalue weighted by Crippen LogP contribution is -2.14. The molecule has 0 saturated heterocycles. The van der Waals surface area contributed by atoms with E-state index in [9.17, 15) is 0 Å². The fraction of sp³-hybridized carbons (Fsp3) is 0.123. The molecule has 0 fully saturated rings. The van der Waals surface area contributed by atoms with Crippen LogP contribution in [0.3, 0.4) is 0 Å². The summed E-state index contributed by atoms with van der Waals surface area (Å²) in [6.45, 7) is 11.1. The van der Waals surface area contributed by atoms with Crippen LogP contribution in [0.15, 0.2) is 190 Å². The topological polar surface area (TPSA) is 34.5 Å². The number of rotatable bonds is 9. The van der Waals surface area contributed by atoms with Crippen LogP contribution in [-0.2, 0) is 11.8 Å². The Kier molecular flexibility index (Phi) is 9.57. The van der Waals surface area contributed by atoms with Crippen molar-refractivity contribution >= 4 is 67.3 Å². The third kappa shape index (κ3) is 7.04. The number of aromatic nitrogens is 1. The van der Waals surface area contributed by atoms with Crippen LogP contribution in [0, 0.1) is 6.92 Å². The predicted octanol–water partition coefficient (Wildman–Crippen LogP) is 16.0. The first kappa shape index (κ1) is 37.9. The zero-order valence-corrected chi connectivity index (χ0v) is 35.3. The standard InChI is InChI=1S/C57H48N2O2/c1-38(34-56-48(47-25-13-15-28-55(47)61-56)26-17-29-53-39(2)46-24-12-14-27-54(46)60-53)58(43-19-8-6-9-20-43)45-23-16-18-40(35-45)41-30-32-51-49(36-41)50-37-42(57(3,4)5)31-33-52(50)59(51)44-21-10-7-11-22-44/h6-25,27-37H,26H2,1-5H3/b29-17-,38-34-. The maximum Gasteiger partial charge on any atom is 0.135 e. The third-order valence-electron chi connectivity index (χ3n) is 12.0. The first-order valence-electron chi connectivity index (χ1n) is 21.1. The summed E-state index contributed by atoms with van der Waals surface area (Å²) in [5.41, 5.74) is 14.5. The second-order valence-electron chi connectivity index (χ2n) is 17.0. The van der Waals surface area contributed by atoms with Gasteiger partial charge in [0.25, 0.3) is 0 Å². The Hall–Kier alpha value is -7.30. The molecule has 298 valence electrons. The van der Waals surface area contributed by atoms with E-state index in [1.54, 1.807) is 0 Å². The molecule has 0 spiro atoms. The molecular weight excluding hydrogens is 745 g/mol. The van der Waals surface area contributed by atoms with Gasteiger partial charge in [0.2, 0.25) is 0 Å². The van der Waals surface area contributed by atoms with Gasteiger partial charge in [-0.25, -0.2) is 0 Å². The molecule has 3 heterocycles. The molecule has 3 aromatic heterocycles. The fourth-order valence-corrected chi connectivity index (χ4v) is 8.82. The summed E-state index contributed by atoms with van der Waals surface area (Å²) in [6, 6.07) is 60.6. The van der Waals surface area contributed by atoms with Gasteiger partial charge in [-0.3, -0.25) is 0 Å². The normalized spacial score (nSPS) is 12.4. The van der Waals surface area contributed by atoms with Crippen molar-refractivity contribution in [1.29, 1.82) is 0 Å². The molecule has 0 amide bonds. The molecule has 4 heteroatoms. The van der Waals surface area contributed by atoms with Crippen molar-refractivity contribution in [3.63, 3.8) is 0 Å². The number of nitrogens with zero attached hydrogens (tertiary/aromatic N) is 2. The maximum atomic E-state index is 6.64. The molecule has 0 aliphatic carbocycles. The van der Waals surface area contributed by atoms with Crippen LogP contribution in [0.4, 0.5) is 11.4 Å². The monoisotopic (exact) mass is 792 g/mol. The van der Waals surface area contributed by atoms with Crippen LogP contribution in [0.1, 0.15) is 55.9 Å². The van der Waals surface area contributed by atoms with Gasteiger partial charge < -0.3 is 18.3 Å². The molecule has 0 atom stereocenters. The minimum Gasteiger partial charge on any atom is -0.456 e. The number of allylic oxidation sites excluding steroid dienone is 2. The highest BCUT2D eigenvalue weighted by Gasteiger charge is 2.20. The molecule has 61 heavy (non-hydrogen) atoms. The highest BCUT2D eigenvalue weighted by atomic mass is 16.3. The first-order valence-corrected chi connectivity index (χ1v) is 21.1. The van der Waals surface area contributed by atoms with E-state index in [4.69, 9.17) is 8.83 Å². The summed E-state index contributed by atoms with van der Waals surface area (Å²) >= 11 is 0. The molecular formula is C57H48N2O2. The van der Waals surface area contributed by atoms with E-state index >= 15 is 0 Å². The van der Waals surface area contributed by atoms with E-state index in [2.05, 4.69) is 214 Å². The Morgan fingerprint density at radius 1 is 0.574 bits per heavy atom. The van der Waals surface area contributed by atoms with Crippen molar-refractivity contribution in [1.82, 2.24) is 4.57 Å². The van der Waals surface area contributed by atoms with E-state index in [0.29, 0.717) is 6.42 Å². The van der Waals surface area contributed by atoms with Crippen molar-refractivity contribution in [3.05, 3.63) is 210 Å². The van der Waals surface area contributed by atoms with Gasteiger partial charge in [-0.1, -0.05) is 124 Å². The molecule has 0 unspecified atom stereocenters. The minimum atomic E-state index is 0.0298. The third-order valence-corrected chi connectivity index (χ3v) is 12.0. The Morgan fingerprint density at radius 3 is 1.92 bits per heavy atom. The summed E-state index contributed by atoms with van der Waals surface area (Å²) in [7, 11) is 0. The fourth-order valence-electron chi connectivity index (χ4n) is 8.82. The molecule has 0 radical (unpaired) electrons. The molecule has 10 rings (SSSR count). The molecule has 0 bridgehead atoms. The van der Waals surface area contributed by atoms with Crippen LogP contribution in [0.5, 0.6) is 0 Å². The lowest BCUT2D eigenvalue weighted by Gasteiger charge is -2.26. The summed E-state index contributed by atoms with van der Waals surface area (Å²) in [5, 5.41) is 4.76. The number of hydrogen-bond acceptors (Lipinski definition) is 3. The lowest BCUT2D eigenvalue weighted by atomic mass is 9.86. The Labute approximate surface area is 357 Å². The molecule has 4 nitrogen and oxygen atoms in total. The Bertz CT molecular complexity index is 3280. The number of para-hydroxylation sites is 4. The van der Waals surface area contributed by atoms with Crippen molar-refractivity contribution in [2.75, 3.05) is 4.90 Å². The molecule has 0 aliphatic heterocycles. The molecule has 0 saturated carbocycles. The zero-order valence-electron chi connectivity index (χ0n) is 35.3. The van der Waals surface area contributed by atoms with E-state index < -0.39 is 0 Å². The van der Waals surface area contributed by atoms with Crippen molar-refractivity contribution in [2.45, 2.75) is 46.5 Å². The van der Waals surface area contributed by atoms with Crippen molar-refractivity contribution in [3.8, 4) is 16.8 Å². The average Bonchev–Trinajstić information content (AvgIpc) is 3.92. The maximum absolute atomic E-state index is 6.64. The highest BCUT2D eigenvalue weighted by Crippen LogP contribution is 2.40. The van der Waals surface area contributed by atoms with Crippen molar-refractivity contribution in [2.24, 2.45) is 0 Å². The zero-order chi connectivity index (χ0) is 41.7. The molecule has 7 aromatic carbocycles. The number of aryl methyl sites for hydroxylation is 1. The SMILES string of the molecule is C/C(=C/c1oc2ccccc2c1C/C=C\c1oc2ccccc2c1C)N(c1ccccc1)c1cccc(-c2ccc3c(c2)c2cc(C(C)(C)C)ccc2n3-c2ccccc2)c1. The van der Waals surface area contributed by atoms with E-state index in [-0.39, 0.29) is 5.41 Å². The quantitative estimate of drug-likeness (QED) is 0.146. The highest BCUT2D eigenvalue weighted by molar-refractivity contribution is 6.11. The summed E-state index contributed by atoms with van der Waals surface area (Å²) in [4.78, 5) is 2.32. The largest absolute Gasteiger partial charge is 0.456 e. The minimum absolute atomic E-state index is 0.0298. The average molecular weight is 793 g/mol. The number of anilines is 2. The lowest BCUT2D eigenvalue weighted by molar-refractivity contribution is 0.591. The first-order chi connectivity index (χ1) is 29.7. The molecule has 0 aliphatic rings. The van der Waals surface area contributed by atoms with Crippen LogP contribution in [-0.4, -0.2) is 4.57 Å². The van der Waals surface area contributed by atoms with Gasteiger partial charge in [0.15, 0.2) is 0 Å². The molecule has 0 N–H and O–H groups in total. The van der Waals surface area contributed by atoms with Crippen molar-refractivity contribution < 1.29 is 8.83 Å². The summed E-state index contributed by atoms with van der Waals surface area (Å²) in [5.74, 6) is 1.73. The number of benzene rings is 7. The van der Waals surface area contributed by atoms with Crippen LogP contribution in [0.2, 0.25) is 0 Å². The van der Waals surface area contributed by atoms with Crippen LogP contribution >= 0.6 is 0 Å². The van der Waals surface area contributed by atoms with Gasteiger partial charge in [-0.2, -0.15) is 0 Å². The van der Waals surface area contributed by atoms with Gasteiger partial charge in [-0.05, 0) is 121 Å². The second kappa shape index (κ2) is 15.4. The number of furan rings is 2. The molecule has 10 aromatic rings. The van der Waals surface area contributed by atoms with Gasteiger partial charge in [0.05, 0.1) is 11.0 Å². The van der Waals surface area contributed by atoms with E-state index in [1.807, 2.05) is 18.2 Å². The van der Waals surface area contributed by atoms with Gasteiger partial charge in [-0.15, -0.1) is 0 Å². The Morgan fingerprint density at radius 2 is 1.18 bits per heavy atom. The van der Waals surface area contributed by atoms with E-state index in [1.165, 1.54) is 32.9 Å². The second-order valence-corrected chi connectivity index (χ2v) is 17.0. The summed E-state index contributed by atoms with van der Waals surface area (Å²) in [6.07, 6.45) is 7.16. The summed E-state index contributed by atoms with van der Waals surface area (Å²) < 4.78 is 15.2. The van der Waals surface area contributed by atoms with Crippen LogP contribution in [0.25, 0.3) is 72.7 Å². The van der Waals surface area contributed by atoms with Crippen LogP contribution < -0.4 is 4.90 Å². The predicted molar refractivity (Wildman–Crippen MR) is 257 cm³/mol. The van der Waals surface area contributed by atoms with Gasteiger partial charge in [0, 0.05) is 61.5 Å². The number of fused-ring (bicyclic) bond motifs is 5. The Balaban J connectivity index is 1.05.